The van der Waals surface area contributed by atoms with E-state index in [1.165, 1.54) is 19.1 Å². The lowest BCUT2D eigenvalue weighted by Gasteiger charge is -2.23. The average molecular weight is 419 g/mol. The first-order valence-corrected chi connectivity index (χ1v) is 9.60. The number of carbonyl (C=O) groups is 2. The molecule has 31 heavy (non-hydrogen) atoms. The summed E-state index contributed by atoms with van der Waals surface area (Å²) in [5.41, 5.74) is 0.747. The van der Waals surface area contributed by atoms with Crippen LogP contribution in [0, 0.1) is 6.92 Å². The van der Waals surface area contributed by atoms with Gasteiger partial charge in [0.2, 0.25) is 0 Å². The number of carbonyl (C=O) groups excluding carboxylic acids is 2. The van der Waals surface area contributed by atoms with Crippen LogP contribution in [0.2, 0.25) is 0 Å². The zero-order valence-corrected chi connectivity index (χ0v) is 17.3. The van der Waals surface area contributed by atoms with Crippen molar-refractivity contribution in [3.05, 3.63) is 83.3 Å². The lowest BCUT2D eigenvalue weighted by molar-refractivity contribution is -0.132. The molecule has 1 aliphatic heterocycles. The molecule has 0 radical (unpaired) electrons. The number of furan rings is 1. The van der Waals surface area contributed by atoms with Crippen LogP contribution in [0.1, 0.15) is 23.1 Å². The number of aryl methyl sites for hydroxylation is 1. The van der Waals surface area contributed by atoms with Gasteiger partial charge in [-0.2, -0.15) is 0 Å². The number of amides is 1. The molecule has 158 valence electrons. The van der Waals surface area contributed by atoms with E-state index < -0.39 is 17.7 Å². The van der Waals surface area contributed by atoms with E-state index in [2.05, 4.69) is 0 Å². The van der Waals surface area contributed by atoms with Gasteiger partial charge in [0, 0.05) is 17.3 Å². The van der Waals surface area contributed by atoms with Gasteiger partial charge in [-0.1, -0.05) is 18.2 Å². The van der Waals surface area contributed by atoms with E-state index in [-0.39, 0.29) is 11.3 Å². The Morgan fingerprint density at radius 3 is 2.29 bits per heavy atom. The minimum Gasteiger partial charge on any atom is -0.507 e. The molecule has 1 atom stereocenters. The third-order valence-electron chi connectivity index (χ3n) is 5.15. The lowest BCUT2D eigenvalue weighted by Crippen LogP contribution is -2.29. The summed E-state index contributed by atoms with van der Waals surface area (Å²) in [4.78, 5) is 27.5. The zero-order valence-electron chi connectivity index (χ0n) is 17.3. The van der Waals surface area contributed by atoms with E-state index in [9.17, 15) is 14.7 Å². The van der Waals surface area contributed by atoms with E-state index >= 15 is 0 Å². The van der Waals surface area contributed by atoms with Crippen molar-refractivity contribution in [1.82, 2.24) is 0 Å². The Balaban J connectivity index is 1.93. The number of hydrogen-bond donors (Lipinski definition) is 1. The normalized spacial score (nSPS) is 17.8. The monoisotopic (exact) mass is 419 g/mol. The molecule has 1 aromatic heterocycles. The first kappa shape index (κ1) is 20.3. The molecule has 1 N–H and O–H groups in total. The second-order valence-corrected chi connectivity index (χ2v) is 7.05. The summed E-state index contributed by atoms with van der Waals surface area (Å²) in [6.07, 6.45) is 0. The molecule has 7 heteroatoms. The van der Waals surface area contributed by atoms with Gasteiger partial charge in [0.15, 0.2) is 0 Å². The lowest BCUT2D eigenvalue weighted by atomic mass is 9.99. The van der Waals surface area contributed by atoms with Crippen LogP contribution in [0.3, 0.4) is 0 Å². The number of Topliss-reactive ketones (excluding diaryl/α,β-unsaturated/α-hetero) is 1. The smallest absolute Gasteiger partial charge is 0.300 e. The van der Waals surface area contributed by atoms with Crippen LogP contribution in [0.15, 0.2) is 70.7 Å². The fourth-order valence-corrected chi connectivity index (χ4v) is 3.65. The molecule has 4 rings (SSSR count). The molecule has 0 aliphatic carbocycles. The second-order valence-electron chi connectivity index (χ2n) is 7.05. The Kier molecular flexibility index (Phi) is 5.25. The third-order valence-corrected chi connectivity index (χ3v) is 5.15. The molecular formula is C24H21NO6. The van der Waals surface area contributed by atoms with E-state index in [1.54, 1.807) is 67.6 Å². The first-order valence-electron chi connectivity index (χ1n) is 9.60. The minimum absolute atomic E-state index is 0.0598. The summed E-state index contributed by atoms with van der Waals surface area (Å²) in [6, 6.07) is 16.0. The van der Waals surface area contributed by atoms with Gasteiger partial charge >= 0.3 is 0 Å². The van der Waals surface area contributed by atoms with E-state index in [0.29, 0.717) is 34.3 Å². The Labute approximate surface area is 179 Å². The number of aliphatic hydroxyl groups is 1. The molecule has 1 aliphatic rings. The maximum Gasteiger partial charge on any atom is 0.300 e. The predicted octanol–water partition coefficient (Wildman–Crippen LogP) is 4.23. The van der Waals surface area contributed by atoms with Crippen LogP contribution in [0.5, 0.6) is 11.5 Å². The number of methoxy groups -OCH3 is 2. The van der Waals surface area contributed by atoms with Gasteiger partial charge in [-0.25, -0.2) is 0 Å². The number of ether oxygens (including phenoxy) is 2. The van der Waals surface area contributed by atoms with Crippen molar-refractivity contribution in [2.75, 3.05) is 19.1 Å². The number of ketones is 1. The topological polar surface area (TPSA) is 89.2 Å². The molecular weight excluding hydrogens is 398 g/mol. The summed E-state index contributed by atoms with van der Waals surface area (Å²) in [5, 5.41) is 11.1. The number of nitrogens with zero attached hydrogens (tertiary/aromatic N) is 1. The van der Waals surface area contributed by atoms with E-state index in [1.807, 2.05) is 0 Å². The Morgan fingerprint density at radius 1 is 0.968 bits per heavy atom. The molecule has 0 spiro atoms. The first-order chi connectivity index (χ1) is 14.9. The average Bonchev–Trinajstić information content (AvgIpc) is 3.34. The van der Waals surface area contributed by atoms with Crippen molar-refractivity contribution in [3.8, 4) is 11.5 Å². The van der Waals surface area contributed by atoms with Crippen molar-refractivity contribution in [2.45, 2.75) is 13.0 Å². The van der Waals surface area contributed by atoms with Crippen molar-refractivity contribution in [1.29, 1.82) is 0 Å². The molecule has 1 amide bonds. The summed E-state index contributed by atoms with van der Waals surface area (Å²) < 4.78 is 16.3. The standard InChI is InChI=1S/C24H21NO6/c1-14-10-11-19(31-14)21-20(22(26)15-6-4-8-17(12-15)29-2)23(27)24(28)25(21)16-7-5-9-18(13-16)30-3/h4-13,21,26H,1-3H3/b22-20-. The number of aliphatic hydroxyl groups excluding tert-OH is 1. The van der Waals surface area contributed by atoms with Crippen LogP contribution in [0.25, 0.3) is 5.76 Å². The van der Waals surface area contributed by atoms with Crippen LogP contribution in [-0.2, 0) is 9.59 Å². The molecule has 1 unspecified atom stereocenters. The molecule has 2 aromatic carbocycles. The highest BCUT2D eigenvalue weighted by Crippen LogP contribution is 2.43. The molecule has 3 aromatic rings. The van der Waals surface area contributed by atoms with Gasteiger partial charge < -0.3 is 19.0 Å². The predicted molar refractivity (Wildman–Crippen MR) is 114 cm³/mol. The van der Waals surface area contributed by atoms with E-state index in [0.717, 1.165) is 0 Å². The zero-order chi connectivity index (χ0) is 22.1. The molecule has 2 heterocycles. The van der Waals surface area contributed by atoms with Crippen LogP contribution < -0.4 is 14.4 Å². The van der Waals surface area contributed by atoms with Gasteiger partial charge in [-0.15, -0.1) is 0 Å². The largest absolute Gasteiger partial charge is 0.507 e. The quantitative estimate of drug-likeness (QED) is 0.378. The van der Waals surface area contributed by atoms with E-state index in [4.69, 9.17) is 13.9 Å². The van der Waals surface area contributed by atoms with Crippen LogP contribution in [0.4, 0.5) is 5.69 Å². The number of benzene rings is 2. The summed E-state index contributed by atoms with van der Waals surface area (Å²) in [7, 11) is 3.02. The SMILES string of the molecule is COc1cccc(/C(O)=C2/C(=O)C(=O)N(c3cccc(OC)c3)C2c2ccc(C)o2)c1. The van der Waals surface area contributed by atoms with Gasteiger partial charge in [-0.05, 0) is 43.3 Å². The van der Waals surface area contributed by atoms with Gasteiger partial charge in [0.1, 0.15) is 34.8 Å². The highest BCUT2D eigenvalue weighted by Gasteiger charge is 2.48. The summed E-state index contributed by atoms with van der Waals surface area (Å²) in [5.74, 6) is 0.148. The van der Waals surface area contributed by atoms with Gasteiger partial charge in [0.25, 0.3) is 11.7 Å². The molecule has 0 bridgehead atoms. The highest BCUT2D eigenvalue weighted by atomic mass is 16.5. The number of hydrogen-bond acceptors (Lipinski definition) is 6. The summed E-state index contributed by atoms with van der Waals surface area (Å²) >= 11 is 0. The summed E-state index contributed by atoms with van der Waals surface area (Å²) in [6.45, 7) is 1.77. The number of anilines is 1. The second kappa shape index (κ2) is 8.02. The Bertz CT molecular complexity index is 1190. The maximum absolute atomic E-state index is 13.1. The molecule has 0 saturated carbocycles. The van der Waals surface area contributed by atoms with Gasteiger partial charge in [-0.3, -0.25) is 14.5 Å². The Hall–Kier alpha value is -4.00. The molecule has 7 nitrogen and oxygen atoms in total. The maximum atomic E-state index is 13.1. The highest BCUT2D eigenvalue weighted by molar-refractivity contribution is 6.51. The fraction of sp³-hybridized carbons (Fsp3) is 0.167. The van der Waals surface area contributed by atoms with Gasteiger partial charge in [0.05, 0.1) is 19.8 Å². The molecule has 1 fully saturated rings. The van der Waals surface area contributed by atoms with Crippen molar-refractivity contribution in [3.63, 3.8) is 0 Å². The van der Waals surface area contributed by atoms with Crippen molar-refractivity contribution < 1.29 is 28.6 Å². The minimum atomic E-state index is -0.938. The molecule has 1 saturated heterocycles. The van der Waals surface area contributed by atoms with Crippen molar-refractivity contribution >= 4 is 23.1 Å². The van der Waals surface area contributed by atoms with Crippen LogP contribution in [-0.4, -0.2) is 31.0 Å². The fourth-order valence-electron chi connectivity index (χ4n) is 3.65. The van der Waals surface area contributed by atoms with Crippen LogP contribution >= 0.6 is 0 Å². The number of rotatable bonds is 5. The van der Waals surface area contributed by atoms with Crippen molar-refractivity contribution in [2.24, 2.45) is 0 Å². The Morgan fingerprint density at radius 2 is 1.65 bits per heavy atom. The third kappa shape index (κ3) is 3.54.